The van der Waals surface area contributed by atoms with Crippen molar-refractivity contribution < 1.29 is 28.9 Å². The maximum atomic E-state index is 13.6. The summed E-state index contributed by atoms with van der Waals surface area (Å²) in [6.45, 7) is 5.01. The fraction of sp³-hybridized carbons (Fsp3) is 0.233. The van der Waals surface area contributed by atoms with Gasteiger partial charge in [0.05, 0.1) is 28.9 Å². The molecule has 198 valence electrons. The van der Waals surface area contributed by atoms with Crippen LogP contribution in [-0.2, 0) is 9.59 Å². The Balaban J connectivity index is 1.52. The third-order valence-electron chi connectivity index (χ3n) is 6.97. The molecule has 6 rings (SSSR count). The lowest BCUT2D eigenvalue weighted by Crippen LogP contribution is -2.29. The van der Waals surface area contributed by atoms with Crippen LogP contribution in [0.25, 0.3) is 16.0 Å². The predicted octanol–water partition coefficient (Wildman–Crippen LogP) is 5.83. The largest absolute Gasteiger partial charge is 0.507 e. The lowest BCUT2D eigenvalue weighted by molar-refractivity contribution is -0.132. The topological polar surface area (TPSA) is 98.2 Å². The zero-order valence-corrected chi connectivity index (χ0v) is 22.5. The monoisotopic (exact) mass is 542 g/mol. The van der Waals surface area contributed by atoms with Crippen molar-refractivity contribution in [3.63, 3.8) is 0 Å². The molecule has 8 nitrogen and oxygen atoms in total. The highest BCUT2D eigenvalue weighted by Gasteiger charge is 2.48. The molecular formula is C30H26N2O6S. The number of carbonyl (C=O) groups is 2. The van der Waals surface area contributed by atoms with Gasteiger partial charge < -0.3 is 19.3 Å². The van der Waals surface area contributed by atoms with Crippen molar-refractivity contribution in [3.05, 3.63) is 82.9 Å². The normalized spacial score (nSPS) is 18.3. The van der Waals surface area contributed by atoms with Gasteiger partial charge in [-0.2, -0.15) is 0 Å². The van der Waals surface area contributed by atoms with Crippen LogP contribution in [0, 0.1) is 0 Å². The molecule has 1 fully saturated rings. The van der Waals surface area contributed by atoms with E-state index in [0.717, 1.165) is 10.3 Å². The lowest BCUT2D eigenvalue weighted by Gasteiger charge is -2.23. The van der Waals surface area contributed by atoms with E-state index >= 15 is 0 Å². The highest BCUT2D eigenvalue weighted by atomic mass is 32.1. The quantitative estimate of drug-likeness (QED) is 0.193. The number of hydrogen-bond donors (Lipinski definition) is 1. The first-order valence-electron chi connectivity index (χ1n) is 12.6. The molecular weight excluding hydrogens is 516 g/mol. The number of aliphatic hydroxyl groups is 1. The van der Waals surface area contributed by atoms with Crippen LogP contribution in [0.5, 0.6) is 17.2 Å². The molecule has 1 amide bonds. The van der Waals surface area contributed by atoms with Gasteiger partial charge in [-0.25, -0.2) is 4.98 Å². The van der Waals surface area contributed by atoms with Crippen LogP contribution in [0.2, 0.25) is 0 Å². The van der Waals surface area contributed by atoms with Crippen LogP contribution in [0.3, 0.4) is 0 Å². The first-order valence-corrected chi connectivity index (χ1v) is 13.4. The van der Waals surface area contributed by atoms with Crippen molar-refractivity contribution in [3.8, 4) is 17.2 Å². The van der Waals surface area contributed by atoms with E-state index in [9.17, 15) is 14.7 Å². The minimum Gasteiger partial charge on any atom is -0.507 e. The van der Waals surface area contributed by atoms with Crippen LogP contribution in [-0.4, -0.2) is 42.1 Å². The highest BCUT2D eigenvalue weighted by molar-refractivity contribution is 7.22. The van der Waals surface area contributed by atoms with Crippen molar-refractivity contribution in [2.75, 3.05) is 25.2 Å². The number of methoxy groups -OCH3 is 1. The number of benzene rings is 3. The number of thiazole rings is 1. The van der Waals surface area contributed by atoms with Crippen LogP contribution in [0.15, 0.2) is 66.2 Å². The van der Waals surface area contributed by atoms with Crippen molar-refractivity contribution >= 4 is 44.1 Å². The van der Waals surface area contributed by atoms with E-state index in [1.807, 2.05) is 36.4 Å². The molecule has 39 heavy (non-hydrogen) atoms. The summed E-state index contributed by atoms with van der Waals surface area (Å²) in [7, 11) is 1.58. The van der Waals surface area contributed by atoms with Crippen molar-refractivity contribution in [1.82, 2.24) is 4.98 Å². The highest BCUT2D eigenvalue weighted by Crippen LogP contribution is 2.45. The molecule has 2 aliphatic rings. The maximum Gasteiger partial charge on any atom is 0.301 e. The average molecular weight is 543 g/mol. The second-order valence-corrected chi connectivity index (χ2v) is 10.7. The summed E-state index contributed by atoms with van der Waals surface area (Å²) < 4.78 is 17.4. The van der Waals surface area contributed by atoms with Gasteiger partial charge in [-0.05, 0) is 53.4 Å². The predicted molar refractivity (Wildman–Crippen MR) is 149 cm³/mol. The Labute approximate surface area is 229 Å². The number of rotatable bonds is 5. The van der Waals surface area contributed by atoms with E-state index in [0.29, 0.717) is 58.2 Å². The van der Waals surface area contributed by atoms with Crippen molar-refractivity contribution in [2.24, 2.45) is 0 Å². The standard InChI is InChI=1S/C30H26N2O6S/c1-16(2)17-4-6-18(7-5-17)26-25(27(33)19-8-11-22-23(14-19)38-13-12-37-22)28(34)29(35)32(26)30-31-21-10-9-20(36-3)15-24(21)39-30/h4-11,14-16,26,33H,12-13H2,1-3H3/t26-/m1/s1. The fourth-order valence-corrected chi connectivity index (χ4v) is 5.90. The molecule has 0 radical (unpaired) electrons. The molecule has 0 saturated carbocycles. The number of ketones is 1. The molecule has 9 heteroatoms. The molecule has 1 saturated heterocycles. The third kappa shape index (κ3) is 4.28. The van der Waals surface area contributed by atoms with Crippen molar-refractivity contribution in [1.29, 1.82) is 0 Å². The molecule has 0 spiro atoms. The van der Waals surface area contributed by atoms with E-state index in [4.69, 9.17) is 14.2 Å². The van der Waals surface area contributed by atoms with E-state index in [1.165, 1.54) is 16.2 Å². The number of carbonyl (C=O) groups excluding carboxylic acids is 2. The van der Waals surface area contributed by atoms with E-state index in [-0.39, 0.29) is 11.3 Å². The van der Waals surface area contributed by atoms with Gasteiger partial charge in [-0.1, -0.05) is 49.4 Å². The summed E-state index contributed by atoms with van der Waals surface area (Å²) in [5, 5.41) is 11.9. The number of aliphatic hydroxyl groups excluding tert-OH is 1. The lowest BCUT2D eigenvalue weighted by atomic mass is 9.93. The minimum atomic E-state index is -0.873. The first kappa shape index (κ1) is 24.9. The molecule has 1 aromatic heterocycles. The molecule has 4 aromatic rings. The molecule has 0 bridgehead atoms. The Bertz CT molecular complexity index is 1640. The summed E-state index contributed by atoms with van der Waals surface area (Å²) in [6.07, 6.45) is 0. The second kappa shape index (κ2) is 9.74. The number of Topliss-reactive ketones (excluding diaryl/α,β-unsaturated/α-hetero) is 1. The molecule has 3 aromatic carbocycles. The Kier molecular flexibility index (Phi) is 6.23. The minimum absolute atomic E-state index is 0.00851. The Morgan fingerprint density at radius 1 is 1.03 bits per heavy atom. The molecule has 3 heterocycles. The van der Waals surface area contributed by atoms with E-state index in [2.05, 4.69) is 18.8 Å². The Hall–Kier alpha value is -4.37. The van der Waals surface area contributed by atoms with Gasteiger partial charge in [0.25, 0.3) is 5.78 Å². The van der Waals surface area contributed by atoms with Gasteiger partial charge in [0.2, 0.25) is 0 Å². The number of anilines is 1. The first-order chi connectivity index (χ1) is 18.9. The van der Waals surface area contributed by atoms with Crippen LogP contribution >= 0.6 is 11.3 Å². The van der Waals surface area contributed by atoms with E-state index < -0.39 is 17.7 Å². The van der Waals surface area contributed by atoms with E-state index in [1.54, 1.807) is 31.4 Å². The van der Waals surface area contributed by atoms with Gasteiger partial charge in [0, 0.05) is 5.56 Å². The number of fused-ring (bicyclic) bond motifs is 2. The number of nitrogens with zero attached hydrogens (tertiary/aromatic N) is 2. The number of hydrogen-bond acceptors (Lipinski definition) is 8. The molecule has 1 N–H and O–H groups in total. The van der Waals surface area contributed by atoms with Crippen LogP contribution in [0.4, 0.5) is 5.13 Å². The Morgan fingerprint density at radius 2 is 1.77 bits per heavy atom. The number of amides is 1. The van der Waals surface area contributed by atoms with Gasteiger partial charge in [0.15, 0.2) is 16.6 Å². The summed E-state index contributed by atoms with van der Waals surface area (Å²) in [6, 6.07) is 17.3. The van der Waals surface area contributed by atoms with Gasteiger partial charge >= 0.3 is 5.91 Å². The molecule has 1 atom stereocenters. The molecule has 0 unspecified atom stereocenters. The zero-order valence-electron chi connectivity index (χ0n) is 21.6. The van der Waals surface area contributed by atoms with Crippen LogP contribution in [0.1, 0.15) is 42.5 Å². The zero-order chi connectivity index (χ0) is 27.3. The summed E-state index contributed by atoms with van der Waals surface area (Å²) in [5.41, 5.74) is 2.84. The smallest absolute Gasteiger partial charge is 0.301 e. The Morgan fingerprint density at radius 3 is 2.49 bits per heavy atom. The number of aromatic nitrogens is 1. The molecule has 0 aliphatic carbocycles. The SMILES string of the molecule is COc1ccc2nc(N3C(=O)C(=O)C(=C(O)c4ccc5c(c4)OCCO5)[C@H]3c3ccc(C(C)C)cc3)sc2c1. The van der Waals surface area contributed by atoms with Gasteiger partial charge in [-0.15, -0.1) is 0 Å². The summed E-state index contributed by atoms with van der Waals surface area (Å²) in [5.74, 6) is 0.187. The molecule has 2 aliphatic heterocycles. The van der Waals surface area contributed by atoms with Crippen LogP contribution < -0.4 is 19.1 Å². The van der Waals surface area contributed by atoms with Gasteiger partial charge in [-0.3, -0.25) is 14.5 Å². The third-order valence-corrected chi connectivity index (χ3v) is 7.99. The van der Waals surface area contributed by atoms with Crippen molar-refractivity contribution in [2.45, 2.75) is 25.8 Å². The maximum absolute atomic E-state index is 13.6. The number of ether oxygens (including phenoxy) is 3. The average Bonchev–Trinajstić information content (AvgIpc) is 3.49. The fourth-order valence-electron chi connectivity index (χ4n) is 4.88. The second-order valence-electron chi connectivity index (χ2n) is 9.68. The summed E-state index contributed by atoms with van der Waals surface area (Å²) in [4.78, 5) is 33.2. The summed E-state index contributed by atoms with van der Waals surface area (Å²) >= 11 is 1.29. The van der Waals surface area contributed by atoms with Gasteiger partial charge in [0.1, 0.15) is 24.7 Å².